The van der Waals surface area contributed by atoms with E-state index in [1.54, 1.807) is 35.4 Å². The number of anilines is 1. The number of thioether (sulfide) groups is 1. The maximum Gasteiger partial charge on any atom is 0.267 e. The molecule has 0 aliphatic carbocycles. The molecule has 0 radical (unpaired) electrons. The molecule has 3 aromatic rings. The lowest BCUT2D eigenvalue weighted by Crippen LogP contribution is -2.31. The van der Waals surface area contributed by atoms with Crippen molar-refractivity contribution in [1.29, 1.82) is 0 Å². The first-order chi connectivity index (χ1) is 15.0. The van der Waals surface area contributed by atoms with Gasteiger partial charge >= 0.3 is 0 Å². The van der Waals surface area contributed by atoms with E-state index in [1.807, 2.05) is 43.3 Å². The van der Waals surface area contributed by atoms with Crippen LogP contribution in [0.2, 0.25) is 0 Å². The van der Waals surface area contributed by atoms with Gasteiger partial charge in [0.25, 0.3) is 11.5 Å². The van der Waals surface area contributed by atoms with Crippen LogP contribution in [0.3, 0.4) is 0 Å². The molecule has 1 aromatic carbocycles. The van der Waals surface area contributed by atoms with Crippen LogP contribution in [-0.2, 0) is 4.79 Å². The van der Waals surface area contributed by atoms with Gasteiger partial charge in [-0.1, -0.05) is 66.5 Å². The van der Waals surface area contributed by atoms with Crippen molar-refractivity contribution in [1.82, 2.24) is 14.3 Å². The number of carbonyl (C=O) groups excluding carboxylic acids is 1. The van der Waals surface area contributed by atoms with Gasteiger partial charge in [-0.15, -0.1) is 6.58 Å². The molecule has 6 nitrogen and oxygen atoms in total. The SMILES string of the molecule is C=CCNc1nc2ccccn2c(=O)c1C=C1SC(=S)N(C(C)c2ccccc2)C1=O. The molecule has 1 aliphatic heterocycles. The van der Waals surface area contributed by atoms with Gasteiger partial charge in [-0.3, -0.25) is 18.9 Å². The molecule has 1 atom stereocenters. The van der Waals surface area contributed by atoms with Gasteiger partial charge in [0.05, 0.1) is 16.5 Å². The number of amides is 1. The zero-order valence-corrected chi connectivity index (χ0v) is 18.5. The molecule has 1 unspecified atom stereocenters. The molecule has 2 aromatic heterocycles. The smallest absolute Gasteiger partial charge is 0.267 e. The fourth-order valence-corrected chi connectivity index (χ4v) is 4.76. The first kappa shape index (κ1) is 21.0. The number of nitrogens with one attached hydrogen (secondary N) is 1. The highest BCUT2D eigenvalue weighted by Crippen LogP contribution is 2.38. The first-order valence-electron chi connectivity index (χ1n) is 9.69. The number of hydrogen-bond acceptors (Lipinski definition) is 6. The Labute approximate surface area is 189 Å². The van der Waals surface area contributed by atoms with Crippen molar-refractivity contribution in [3.05, 3.63) is 93.8 Å². The summed E-state index contributed by atoms with van der Waals surface area (Å²) in [5.74, 6) is 0.177. The van der Waals surface area contributed by atoms with Crippen LogP contribution in [0.25, 0.3) is 11.7 Å². The van der Waals surface area contributed by atoms with E-state index in [0.717, 1.165) is 5.56 Å². The molecule has 0 bridgehead atoms. The van der Waals surface area contributed by atoms with E-state index >= 15 is 0 Å². The fraction of sp³-hybridized carbons (Fsp3) is 0.130. The maximum absolute atomic E-state index is 13.2. The average Bonchev–Trinajstić information content (AvgIpc) is 3.07. The second kappa shape index (κ2) is 8.87. The minimum Gasteiger partial charge on any atom is -0.366 e. The van der Waals surface area contributed by atoms with Crippen molar-refractivity contribution in [2.75, 3.05) is 11.9 Å². The summed E-state index contributed by atoms with van der Waals surface area (Å²) in [5, 5.41) is 3.10. The summed E-state index contributed by atoms with van der Waals surface area (Å²) in [4.78, 5) is 32.9. The highest BCUT2D eigenvalue weighted by atomic mass is 32.2. The Balaban J connectivity index is 1.77. The molecule has 1 amide bonds. The number of pyridine rings is 1. The number of benzene rings is 1. The van der Waals surface area contributed by atoms with Crippen LogP contribution in [0, 0.1) is 0 Å². The van der Waals surface area contributed by atoms with Crippen molar-refractivity contribution in [3.63, 3.8) is 0 Å². The van der Waals surface area contributed by atoms with E-state index in [9.17, 15) is 9.59 Å². The lowest BCUT2D eigenvalue weighted by atomic mass is 10.1. The molecule has 156 valence electrons. The maximum atomic E-state index is 13.2. The van der Waals surface area contributed by atoms with Crippen LogP contribution in [0.15, 0.2) is 77.1 Å². The Kier molecular flexibility index (Phi) is 6.01. The third-order valence-electron chi connectivity index (χ3n) is 4.95. The molecular weight excluding hydrogens is 428 g/mol. The summed E-state index contributed by atoms with van der Waals surface area (Å²) in [6.45, 7) is 6.07. The number of hydrogen-bond donors (Lipinski definition) is 1. The Bertz CT molecular complexity index is 1270. The molecule has 4 rings (SSSR count). The van der Waals surface area contributed by atoms with Crippen LogP contribution >= 0.6 is 24.0 Å². The highest BCUT2D eigenvalue weighted by molar-refractivity contribution is 8.26. The fourth-order valence-electron chi connectivity index (χ4n) is 3.36. The largest absolute Gasteiger partial charge is 0.366 e. The van der Waals surface area contributed by atoms with Crippen LogP contribution in [-0.4, -0.2) is 31.1 Å². The lowest BCUT2D eigenvalue weighted by molar-refractivity contribution is -0.123. The summed E-state index contributed by atoms with van der Waals surface area (Å²) in [5.41, 5.74) is 1.54. The van der Waals surface area contributed by atoms with Crippen molar-refractivity contribution in [2.45, 2.75) is 13.0 Å². The zero-order valence-electron chi connectivity index (χ0n) is 16.8. The van der Waals surface area contributed by atoms with Gasteiger partial charge < -0.3 is 5.32 Å². The number of carbonyl (C=O) groups is 1. The molecule has 1 N–H and O–H groups in total. The molecule has 31 heavy (non-hydrogen) atoms. The Morgan fingerprint density at radius 3 is 2.68 bits per heavy atom. The standard InChI is InChI=1S/C23H20N4O2S2/c1-3-12-24-20-17(21(28)26-13-8-7-11-19(26)25-20)14-18-22(29)27(23(30)31-18)15(2)16-9-5-4-6-10-16/h3-11,13-15,24H,1,12H2,2H3. The molecule has 1 saturated heterocycles. The third kappa shape index (κ3) is 4.04. The summed E-state index contributed by atoms with van der Waals surface area (Å²) >= 11 is 6.69. The van der Waals surface area contributed by atoms with Crippen molar-refractivity contribution >= 4 is 51.7 Å². The minimum absolute atomic E-state index is 0.214. The van der Waals surface area contributed by atoms with Crippen molar-refractivity contribution in [3.8, 4) is 0 Å². The topological polar surface area (TPSA) is 66.7 Å². The molecule has 1 aliphatic rings. The van der Waals surface area contributed by atoms with Gasteiger partial charge in [-0.2, -0.15) is 0 Å². The number of thiocarbonyl (C=S) groups is 1. The average molecular weight is 449 g/mol. The molecular formula is C23H20N4O2S2. The van der Waals surface area contributed by atoms with Gasteiger partial charge in [0.15, 0.2) is 0 Å². The minimum atomic E-state index is -0.265. The summed E-state index contributed by atoms with van der Waals surface area (Å²) in [7, 11) is 0. The second-order valence-corrected chi connectivity index (χ2v) is 8.59. The van der Waals surface area contributed by atoms with Crippen LogP contribution < -0.4 is 10.9 Å². The molecule has 1 fully saturated rings. The molecule has 0 saturated carbocycles. The normalized spacial score (nSPS) is 16.2. The predicted molar refractivity (Wildman–Crippen MR) is 130 cm³/mol. The van der Waals surface area contributed by atoms with E-state index in [-0.39, 0.29) is 17.5 Å². The van der Waals surface area contributed by atoms with Crippen LogP contribution in [0.5, 0.6) is 0 Å². The van der Waals surface area contributed by atoms with Gasteiger partial charge in [0.2, 0.25) is 0 Å². The number of nitrogens with zero attached hydrogens (tertiary/aromatic N) is 3. The predicted octanol–water partition coefficient (Wildman–Crippen LogP) is 4.25. The van der Waals surface area contributed by atoms with E-state index in [1.165, 1.54) is 16.2 Å². The summed E-state index contributed by atoms with van der Waals surface area (Å²) in [6, 6.07) is 14.8. The van der Waals surface area contributed by atoms with E-state index in [0.29, 0.717) is 32.8 Å². The number of aromatic nitrogens is 2. The van der Waals surface area contributed by atoms with E-state index in [4.69, 9.17) is 12.2 Å². The summed E-state index contributed by atoms with van der Waals surface area (Å²) in [6.07, 6.45) is 4.92. The zero-order chi connectivity index (χ0) is 22.0. The Morgan fingerprint density at radius 1 is 1.19 bits per heavy atom. The van der Waals surface area contributed by atoms with Crippen molar-refractivity contribution < 1.29 is 4.79 Å². The third-order valence-corrected chi connectivity index (χ3v) is 6.28. The monoisotopic (exact) mass is 448 g/mol. The van der Waals surface area contributed by atoms with Gasteiger partial charge in [-0.05, 0) is 30.7 Å². The Hall–Kier alpha value is -3.23. The first-order valence-corrected chi connectivity index (χ1v) is 10.9. The van der Waals surface area contributed by atoms with Crippen LogP contribution in [0.1, 0.15) is 24.1 Å². The Morgan fingerprint density at radius 2 is 1.94 bits per heavy atom. The second-order valence-electron chi connectivity index (χ2n) is 6.92. The van der Waals surface area contributed by atoms with Gasteiger partial charge in [0, 0.05) is 12.7 Å². The van der Waals surface area contributed by atoms with Gasteiger partial charge in [-0.25, -0.2) is 4.98 Å². The highest BCUT2D eigenvalue weighted by Gasteiger charge is 2.36. The van der Waals surface area contributed by atoms with Crippen LogP contribution in [0.4, 0.5) is 5.82 Å². The molecule has 3 heterocycles. The summed E-state index contributed by atoms with van der Waals surface area (Å²) < 4.78 is 1.92. The van der Waals surface area contributed by atoms with Gasteiger partial charge in [0.1, 0.15) is 15.8 Å². The molecule has 8 heteroatoms. The number of fused-ring (bicyclic) bond motifs is 1. The van der Waals surface area contributed by atoms with E-state index < -0.39 is 0 Å². The molecule has 0 spiro atoms. The van der Waals surface area contributed by atoms with E-state index in [2.05, 4.69) is 16.9 Å². The number of rotatable bonds is 6. The van der Waals surface area contributed by atoms with Crippen molar-refractivity contribution in [2.24, 2.45) is 0 Å². The lowest BCUT2D eigenvalue weighted by Gasteiger charge is -2.23. The quantitative estimate of drug-likeness (QED) is 0.345.